The van der Waals surface area contributed by atoms with Crippen LogP contribution in [0.2, 0.25) is 0 Å². The van der Waals surface area contributed by atoms with Crippen LogP contribution >= 0.6 is 22.6 Å². The first-order chi connectivity index (χ1) is 16.8. The number of piperidine rings is 1. The Hall–Kier alpha value is -2.54. The number of likely N-dealkylation sites (tertiary alicyclic amines) is 1. The van der Waals surface area contributed by atoms with Gasteiger partial charge in [0, 0.05) is 36.0 Å². The van der Waals surface area contributed by atoms with Crippen LogP contribution in [0.25, 0.3) is 11.2 Å². The number of fused-ring (bicyclic) bond motifs is 2. The molecule has 2 aliphatic heterocycles. The van der Waals surface area contributed by atoms with E-state index in [-0.39, 0.29) is 11.7 Å². The van der Waals surface area contributed by atoms with Crippen LogP contribution < -0.4 is 10.5 Å². The zero-order valence-corrected chi connectivity index (χ0v) is 21.7. The van der Waals surface area contributed by atoms with Gasteiger partial charge in [0.25, 0.3) is 5.91 Å². The van der Waals surface area contributed by atoms with Gasteiger partial charge >= 0.3 is 6.08 Å². The van der Waals surface area contributed by atoms with Gasteiger partial charge < -0.3 is 25.0 Å². The molecule has 186 valence electrons. The van der Waals surface area contributed by atoms with Crippen molar-refractivity contribution in [3.05, 3.63) is 38.7 Å². The Morgan fingerprint density at radius 1 is 1.31 bits per heavy atom. The summed E-state index contributed by atoms with van der Waals surface area (Å²) in [6.07, 6.45) is 2.15. The summed E-state index contributed by atoms with van der Waals surface area (Å²) in [4.78, 5) is 26.2. The van der Waals surface area contributed by atoms with E-state index >= 15 is 0 Å². The van der Waals surface area contributed by atoms with Gasteiger partial charge in [-0.25, -0.2) is 4.98 Å². The van der Waals surface area contributed by atoms with Crippen molar-refractivity contribution >= 4 is 45.5 Å². The average molecular weight is 591 g/mol. The van der Waals surface area contributed by atoms with Gasteiger partial charge in [0.1, 0.15) is 17.7 Å². The number of benzene rings is 1. The van der Waals surface area contributed by atoms with Crippen LogP contribution in [0, 0.1) is 15.6 Å². The van der Waals surface area contributed by atoms with Gasteiger partial charge in [0.15, 0.2) is 17.0 Å². The maximum absolute atomic E-state index is 14.1. The van der Waals surface area contributed by atoms with Crippen molar-refractivity contribution in [2.45, 2.75) is 51.7 Å². The smallest absolute Gasteiger partial charge is 0.312 e. The van der Waals surface area contributed by atoms with Crippen LogP contribution in [-0.4, -0.2) is 61.2 Å². The number of aliphatic hydroxyl groups is 1. The Morgan fingerprint density at radius 2 is 2.09 bits per heavy atom. The third-order valence-electron chi connectivity index (χ3n) is 6.93. The first-order valence-electron chi connectivity index (χ1n) is 11.9. The molecule has 1 fully saturated rings. The number of amides is 1. The SMILES string of the molecule is C[C@H](O)C(=O)N1CCC(CCn2c(Cc3cc4c(cc3[124I])CCO4)nc3c(N)nc(F)nc32)CC1. The van der Waals surface area contributed by atoms with E-state index in [0.717, 1.165) is 46.4 Å². The highest BCUT2D eigenvalue weighted by atomic mass is 124. The molecule has 1 atom stereocenters. The first-order valence-corrected chi connectivity index (χ1v) is 13.0. The van der Waals surface area contributed by atoms with E-state index < -0.39 is 12.2 Å². The van der Waals surface area contributed by atoms with Crippen LogP contribution in [0.4, 0.5) is 10.2 Å². The first kappa shape index (κ1) is 24.2. The largest absolute Gasteiger partial charge is 0.493 e. The second kappa shape index (κ2) is 9.84. The number of aromatic nitrogens is 4. The number of carbonyl (C=O) groups is 1. The van der Waals surface area contributed by atoms with Crippen molar-refractivity contribution in [2.24, 2.45) is 5.92 Å². The molecule has 0 unspecified atom stereocenters. The predicted molar refractivity (Wildman–Crippen MR) is 136 cm³/mol. The molecule has 2 aliphatic rings. The summed E-state index contributed by atoms with van der Waals surface area (Å²) in [5, 5.41) is 9.57. The van der Waals surface area contributed by atoms with Gasteiger partial charge in [-0.2, -0.15) is 14.4 Å². The van der Waals surface area contributed by atoms with Crippen LogP contribution in [0.3, 0.4) is 0 Å². The van der Waals surface area contributed by atoms with Gasteiger partial charge in [-0.3, -0.25) is 4.79 Å². The summed E-state index contributed by atoms with van der Waals surface area (Å²) in [7, 11) is 0. The maximum Gasteiger partial charge on any atom is 0.312 e. The summed E-state index contributed by atoms with van der Waals surface area (Å²) >= 11 is 2.34. The highest BCUT2D eigenvalue weighted by molar-refractivity contribution is 14.1. The van der Waals surface area contributed by atoms with Gasteiger partial charge in [-0.1, -0.05) is 0 Å². The summed E-state index contributed by atoms with van der Waals surface area (Å²) < 4.78 is 22.9. The van der Waals surface area contributed by atoms with E-state index in [1.54, 1.807) is 4.90 Å². The molecule has 11 heteroatoms. The average Bonchev–Trinajstić information content (AvgIpc) is 3.41. The van der Waals surface area contributed by atoms with Crippen molar-refractivity contribution in [2.75, 3.05) is 25.4 Å². The van der Waals surface area contributed by atoms with Crippen molar-refractivity contribution in [3.63, 3.8) is 0 Å². The fourth-order valence-electron chi connectivity index (χ4n) is 4.97. The van der Waals surface area contributed by atoms with E-state index in [9.17, 15) is 14.3 Å². The molecule has 0 aliphatic carbocycles. The zero-order valence-electron chi connectivity index (χ0n) is 19.5. The molecule has 5 rings (SSSR count). The lowest BCUT2D eigenvalue weighted by Gasteiger charge is -2.32. The number of nitrogens with zero attached hydrogens (tertiary/aromatic N) is 5. The molecular formula is C24H28FIN6O3. The Balaban J connectivity index is 1.38. The number of aliphatic hydroxyl groups excluding tert-OH is 1. The normalized spacial score (nSPS) is 17.0. The molecule has 9 nitrogen and oxygen atoms in total. The fourth-order valence-corrected chi connectivity index (χ4v) is 5.69. The molecule has 1 amide bonds. The van der Waals surface area contributed by atoms with Gasteiger partial charge in [-0.05, 0) is 78.0 Å². The molecule has 0 spiro atoms. The number of carbonyl (C=O) groups excluding carboxylic acids is 1. The van der Waals surface area contributed by atoms with Crippen LogP contribution in [-0.2, 0) is 24.2 Å². The number of ether oxygens (including phenoxy) is 1. The van der Waals surface area contributed by atoms with Crippen molar-refractivity contribution in [1.82, 2.24) is 24.4 Å². The standard InChI is InChI=1S/C24H28FIN6O3/c1-13(33)23(34)31-6-2-14(3-7-31)4-8-32-19(28-20-21(27)29-24(25)30-22(20)32)12-16-11-18-15(5-9-35-18)10-17(16)26/h10-11,13-14,33H,2-9,12H2,1H3,(H2,27,29,30)/t13-/m0/s1/i26-3. The number of hydrogen-bond acceptors (Lipinski definition) is 7. The highest BCUT2D eigenvalue weighted by Crippen LogP contribution is 2.32. The van der Waals surface area contributed by atoms with Gasteiger partial charge in [0.05, 0.1) is 6.61 Å². The number of imidazole rings is 1. The summed E-state index contributed by atoms with van der Waals surface area (Å²) in [6, 6.07) is 4.22. The molecular weight excluding hydrogens is 563 g/mol. The summed E-state index contributed by atoms with van der Waals surface area (Å²) in [5.41, 5.74) is 9.10. The van der Waals surface area contributed by atoms with E-state index in [4.69, 9.17) is 15.5 Å². The van der Waals surface area contributed by atoms with E-state index in [1.165, 1.54) is 12.5 Å². The van der Waals surface area contributed by atoms with Crippen LogP contribution in [0.1, 0.15) is 43.1 Å². The van der Waals surface area contributed by atoms with Crippen molar-refractivity contribution in [1.29, 1.82) is 0 Å². The molecule has 3 N–H and O–H groups in total. The number of hydrogen-bond donors (Lipinski definition) is 2. The topological polar surface area (TPSA) is 119 Å². The minimum atomic E-state index is -0.973. The Morgan fingerprint density at radius 3 is 2.83 bits per heavy atom. The van der Waals surface area contributed by atoms with E-state index in [2.05, 4.69) is 44.7 Å². The Kier molecular flexibility index (Phi) is 6.80. The number of aryl methyl sites for hydroxylation is 1. The van der Waals surface area contributed by atoms with Crippen LogP contribution in [0.15, 0.2) is 12.1 Å². The molecule has 35 heavy (non-hydrogen) atoms. The third kappa shape index (κ3) is 4.92. The number of anilines is 1. The second-order valence-electron chi connectivity index (χ2n) is 9.29. The van der Waals surface area contributed by atoms with Gasteiger partial charge in [0.2, 0.25) is 0 Å². The molecule has 0 radical (unpaired) electrons. The molecule has 2 aromatic heterocycles. The molecule has 4 heterocycles. The molecule has 3 aromatic rings. The molecule has 0 bridgehead atoms. The third-order valence-corrected chi connectivity index (χ3v) is 7.93. The fraction of sp³-hybridized carbons (Fsp3) is 0.500. The van der Waals surface area contributed by atoms with Crippen molar-refractivity contribution in [3.8, 4) is 5.75 Å². The monoisotopic (exact) mass is 591 g/mol. The second-order valence-corrected chi connectivity index (χ2v) is 10.5. The van der Waals surface area contributed by atoms with E-state index in [1.807, 2.05) is 4.57 Å². The minimum Gasteiger partial charge on any atom is -0.493 e. The highest BCUT2D eigenvalue weighted by Gasteiger charge is 2.26. The lowest BCUT2D eigenvalue weighted by atomic mass is 9.93. The zero-order chi connectivity index (χ0) is 24.7. The number of rotatable bonds is 6. The number of nitrogens with two attached hydrogens (primary N) is 1. The van der Waals surface area contributed by atoms with Crippen molar-refractivity contribution < 1.29 is 19.0 Å². The maximum atomic E-state index is 14.1. The summed E-state index contributed by atoms with van der Waals surface area (Å²) in [5.74, 6) is 1.87. The lowest BCUT2D eigenvalue weighted by molar-refractivity contribution is -0.140. The predicted octanol–water partition coefficient (Wildman–Crippen LogP) is 2.69. The number of halogens is 2. The Labute approximate surface area is 216 Å². The van der Waals surface area contributed by atoms with Crippen LogP contribution in [0.5, 0.6) is 5.75 Å². The molecule has 1 saturated heterocycles. The molecule has 0 saturated carbocycles. The quantitative estimate of drug-likeness (QED) is 0.334. The number of nitrogen functional groups attached to an aromatic ring is 1. The summed E-state index contributed by atoms with van der Waals surface area (Å²) in [6.45, 7) is 4.06. The molecule has 1 aromatic carbocycles. The van der Waals surface area contributed by atoms with E-state index in [0.29, 0.717) is 49.7 Å². The van der Waals surface area contributed by atoms with Gasteiger partial charge in [-0.15, -0.1) is 0 Å². The minimum absolute atomic E-state index is 0.0319. The Bertz CT molecular complexity index is 1270. The lowest BCUT2D eigenvalue weighted by Crippen LogP contribution is -2.43.